The standard InChI is InChI=1S/C14H22O7S/c1-8-11(20-9(2)15)7-12(21-10(3)16)14(19-8)22-6-5-13(17)18-4/h8,11-12,14H,5-7H2,1-4H3/t8-,11+,12-,14-/m0/s1. The number of hydrogen-bond donors (Lipinski definition) is 0. The molecular weight excluding hydrogens is 312 g/mol. The number of ether oxygens (including phenoxy) is 4. The minimum atomic E-state index is -0.527. The molecular formula is C14H22O7S. The quantitative estimate of drug-likeness (QED) is 0.530. The van der Waals surface area contributed by atoms with Crippen molar-refractivity contribution in [3.8, 4) is 0 Å². The van der Waals surface area contributed by atoms with Crippen molar-refractivity contribution in [1.29, 1.82) is 0 Å². The van der Waals surface area contributed by atoms with Crippen molar-refractivity contribution in [3.05, 3.63) is 0 Å². The van der Waals surface area contributed by atoms with Gasteiger partial charge in [-0.25, -0.2) is 0 Å². The van der Waals surface area contributed by atoms with Gasteiger partial charge in [-0.05, 0) is 6.92 Å². The summed E-state index contributed by atoms with van der Waals surface area (Å²) in [6.07, 6.45) is -0.683. The topological polar surface area (TPSA) is 88.1 Å². The molecule has 1 heterocycles. The van der Waals surface area contributed by atoms with E-state index in [9.17, 15) is 14.4 Å². The number of thioether (sulfide) groups is 1. The van der Waals surface area contributed by atoms with Crippen LogP contribution < -0.4 is 0 Å². The first-order valence-electron chi connectivity index (χ1n) is 7.01. The highest BCUT2D eigenvalue weighted by Gasteiger charge is 2.39. The van der Waals surface area contributed by atoms with E-state index < -0.39 is 29.6 Å². The van der Waals surface area contributed by atoms with Gasteiger partial charge in [0.15, 0.2) is 0 Å². The summed E-state index contributed by atoms with van der Waals surface area (Å²) in [6, 6.07) is 0. The van der Waals surface area contributed by atoms with Crippen LogP contribution in [0, 0.1) is 0 Å². The molecule has 22 heavy (non-hydrogen) atoms. The zero-order chi connectivity index (χ0) is 16.7. The Bertz CT molecular complexity index is 412. The maximum absolute atomic E-state index is 11.2. The lowest BCUT2D eigenvalue weighted by atomic mass is 10.0. The van der Waals surface area contributed by atoms with Crippen LogP contribution in [0.4, 0.5) is 0 Å². The van der Waals surface area contributed by atoms with Gasteiger partial charge in [-0.2, -0.15) is 0 Å². The molecule has 0 saturated carbocycles. The molecule has 126 valence electrons. The molecule has 8 heteroatoms. The Labute approximate surface area is 134 Å². The van der Waals surface area contributed by atoms with Crippen molar-refractivity contribution in [2.75, 3.05) is 12.9 Å². The SMILES string of the molecule is COC(=O)CCS[C@@H]1O[C@@H](C)[C@H](OC(C)=O)C[C@@H]1OC(C)=O. The van der Waals surface area contributed by atoms with Crippen LogP contribution in [0.2, 0.25) is 0 Å². The maximum atomic E-state index is 11.2. The Kier molecular flexibility index (Phi) is 7.67. The lowest BCUT2D eigenvalue weighted by molar-refractivity contribution is -0.184. The molecule has 0 aliphatic carbocycles. The molecule has 1 aliphatic heterocycles. The maximum Gasteiger partial charge on any atom is 0.306 e. The number of rotatable bonds is 6. The number of carbonyl (C=O) groups excluding carboxylic acids is 3. The molecule has 1 saturated heterocycles. The lowest BCUT2D eigenvalue weighted by Crippen LogP contribution is -2.48. The van der Waals surface area contributed by atoms with Gasteiger partial charge < -0.3 is 18.9 Å². The molecule has 0 aromatic heterocycles. The van der Waals surface area contributed by atoms with Gasteiger partial charge in [0, 0.05) is 26.0 Å². The van der Waals surface area contributed by atoms with E-state index in [1.807, 2.05) is 0 Å². The molecule has 1 rings (SSSR count). The molecule has 0 aromatic rings. The van der Waals surface area contributed by atoms with Crippen molar-refractivity contribution < 1.29 is 33.3 Å². The fraction of sp³-hybridized carbons (Fsp3) is 0.786. The zero-order valence-electron chi connectivity index (χ0n) is 13.2. The first-order chi connectivity index (χ1) is 10.3. The minimum absolute atomic E-state index is 0.246. The monoisotopic (exact) mass is 334 g/mol. The molecule has 0 spiro atoms. The highest BCUT2D eigenvalue weighted by atomic mass is 32.2. The lowest BCUT2D eigenvalue weighted by Gasteiger charge is -2.38. The normalized spacial score (nSPS) is 27.8. The van der Waals surface area contributed by atoms with Crippen LogP contribution in [0.3, 0.4) is 0 Å². The van der Waals surface area contributed by atoms with E-state index in [-0.39, 0.29) is 18.5 Å². The summed E-state index contributed by atoms with van der Waals surface area (Å²) in [5.74, 6) is -0.652. The van der Waals surface area contributed by atoms with Gasteiger partial charge in [0.05, 0.1) is 19.6 Å². The van der Waals surface area contributed by atoms with E-state index in [1.165, 1.54) is 32.7 Å². The van der Waals surface area contributed by atoms with Gasteiger partial charge in [-0.3, -0.25) is 14.4 Å². The predicted octanol–water partition coefficient (Wildman–Crippen LogP) is 1.28. The predicted molar refractivity (Wildman–Crippen MR) is 79.2 cm³/mol. The van der Waals surface area contributed by atoms with E-state index >= 15 is 0 Å². The number of methoxy groups -OCH3 is 1. The van der Waals surface area contributed by atoms with E-state index in [0.717, 1.165) is 0 Å². The number of hydrogen-bond acceptors (Lipinski definition) is 8. The molecule has 7 nitrogen and oxygen atoms in total. The van der Waals surface area contributed by atoms with Gasteiger partial charge >= 0.3 is 17.9 Å². The molecule has 1 fully saturated rings. The van der Waals surface area contributed by atoms with Crippen LogP contribution in [0.1, 0.15) is 33.6 Å². The fourth-order valence-electron chi connectivity index (χ4n) is 2.10. The van der Waals surface area contributed by atoms with Crippen molar-refractivity contribution in [1.82, 2.24) is 0 Å². The van der Waals surface area contributed by atoms with Crippen molar-refractivity contribution >= 4 is 29.7 Å². The Morgan fingerprint density at radius 2 is 1.73 bits per heavy atom. The van der Waals surface area contributed by atoms with E-state index in [2.05, 4.69) is 4.74 Å². The molecule has 4 atom stereocenters. The van der Waals surface area contributed by atoms with Crippen molar-refractivity contribution in [2.24, 2.45) is 0 Å². The third kappa shape index (κ3) is 6.23. The van der Waals surface area contributed by atoms with Crippen molar-refractivity contribution in [3.63, 3.8) is 0 Å². The summed E-state index contributed by atoms with van der Waals surface area (Å²) in [5.41, 5.74) is -0.407. The highest BCUT2D eigenvalue weighted by molar-refractivity contribution is 7.99. The van der Waals surface area contributed by atoms with Gasteiger partial charge in [-0.15, -0.1) is 11.8 Å². The Balaban J connectivity index is 2.62. The number of esters is 3. The molecule has 0 unspecified atom stereocenters. The van der Waals surface area contributed by atoms with Crippen LogP contribution in [-0.4, -0.2) is 54.5 Å². The Morgan fingerprint density at radius 3 is 2.27 bits per heavy atom. The summed E-state index contributed by atoms with van der Waals surface area (Å²) in [6.45, 7) is 4.44. The summed E-state index contributed by atoms with van der Waals surface area (Å²) >= 11 is 1.38. The third-order valence-corrected chi connectivity index (χ3v) is 4.27. The zero-order valence-corrected chi connectivity index (χ0v) is 14.0. The molecule has 0 radical (unpaired) electrons. The van der Waals surface area contributed by atoms with Crippen LogP contribution in [-0.2, 0) is 33.3 Å². The first-order valence-corrected chi connectivity index (χ1v) is 8.06. The third-order valence-electron chi connectivity index (χ3n) is 3.09. The summed E-state index contributed by atoms with van der Waals surface area (Å²) in [4.78, 5) is 33.5. The molecule has 0 bridgehead atoms. The number of carbonyl (C=O) groups is 3. The highest BCUT2D eigenvalue weighted by Crippen LogP contribution is 2.31. The second kappa shape index (κ2) is 8.99. The second-order valence-corrected chi connectivity index (χ2v) is 6.14. The first kappa shape index (κ1) is 18.8. The molecule has 0 amide bonds. The average Bonchev–Trinajstić information content (AvgIpc) is 2.42. The van der Waals surface area contributed by atoms with Gasteiger partial charge in [0.1, 0.15) is 17.6 Å². The molecule has 1 aliphatic rings. The van der Waals surface area contributed by atoms with E-state index in [4.69, 9.17) is 14.2 Å². The Hall–Kier alpha value is -1.28. The summed E-state index contributed by atoms with van der Waals surface area (Å²) in [5, 5.41) is 0. The van der Waals surface area contributed by atoms with Gasteiger partial charge in [-0.1, -0.05) is 0 Å². The van der Waals surface area contributed by atoms with Crippen LogP contribution >= 0.6 is 11.8 Å². The van der Waals surface area contributed by atoms with Crippen LogP contribution in [0.15, 0.2) is 0 Å². The van der Waals surface area contributed by atoms with Crippen LogP contribution in [0.5, 0.6) is 0 Å². The molecule has 0 N–H and O–H groups in total. The Morgan fingerprint density at radius 1 is 1.14 bits per heavy atom. The van der Waals surface area contributed by atoms with E-state index in [0.29, 0.717) is 12.2 Å². The summed E-state index contributed by atoms with van der Waals surface area (Å²) < 4.78 is 20.8. The minimum Gasteiger partial charge on any atom is -0.469 e. The van der Waals surface area contributed by atoms with Gasteiger partial charge in [0.25, 0.3) is 0 Å². The van der Waals surface area contributed by atoms with Gasteiger partial charge in [0.2, 0.25) is 0 Å². The fourth-order valence-corrected chi connectivity index (χ4v) is 3.25. The van der Waals surface area contributed by atoms with Crippen molar-refractivity contribution in [2.45, 2.75) is 57.4 Å². The summed E-state index contributed by atoms with van der Waals surface area (Å²) in [7, 11) is 1.33. The largest absolute Gasteiger partial charge is 0.469 e. The second-order valence-electron chi connectivity index (χ2n) is 4.94. The smallest absolute Gasteiger partial charge is 0.306 e. The van der Waals surface area contributed by atoms with Crippen LogP contribution in [0.25, 0.3) is 0 Å². The molecule has 0 aromatic carbocycles. The average molecular weight is 334 g/mol. The van der Waals surface area contributed by atoms with E-state index in [1.54, 1.807) is 6.92 Å².